The van der Waals surface area contributed by atoms with Gasteiger partial charge >= 0.3 is 0 Å². The number of amides is 1. The van der Waals surface area contributed by atoms with Crippen molar-refractivity contribution in [2.45, 2.75) is 25.8 Å². The first-order chi connectivity index (χ1) is 7.52. The summed E-state index contributed by atoms with van der Waals surface area (Å²) in [6, 6.07) is 7.51. The Balaban J connectivity index is 2.84. The molecule has 1 amide bonds. The third-order valence-electron chi connectivity index (χ3n) is 2.61. The van der Waals surface area contributed by atoms with Gasteiger partial charge in [-0.3, -0.25) is 4.79 Å². The molecule has 1 atom stereocenters. The van der Waals surface area contributed by atoms with Crippen LogP contribution in [-0.4, -0.2) is 17.3 Å². The van der Waals surface area contributed by atoms with E-state index in [1.165, 1.54) is 0 Å². The first kappa shape index (κ1) is 13.8. The molecule has 1 rings (SSSR count). The van der Waals surface area contributed by atoms with Crippen molar-refractivity contribution in [2.24, 2.45) is 0 Å². The first-order valence-corrected chi connectivity index (χ1v) is 6.77. The minimum Gasteiger partial charge on any atom is -0.346 e. The molecule has 0 heterocycles. The number of rotatable bonds is 4. The minimum absolute atomic E-state index is 0.0602. The molecule has 16 heavy (non-hydrogen) atoms. The summed E-state index contributed by atoms with van der Waals surface area (Å²) in [6.07, 6.45) is 0.811. The molecule has 1 aromatic carbocycles. The molecule has 4 heteroatoms. The predicted octanol–water partition coefficient (Wildman–Crippen LogP) is 3.43. The third-order valence-corrected chi connectivity index (χ3v) is 4.14. The molecule has 0 saturated heterocycles. The number of carbonyl (C=O) groups excluding carboxylic acids is 1. The van der Waals surface area contributed by atoms with Gasteiger partial charge in [0, 0.05) is 9.45 Å². The van der Waals surface area contributed by atoms with E-state index in [-0.39, 0.29) is 11.4 Å². The summed E-state index contributed by atoms with van der Waals surface area (Å²) in [6.45, 7) is 3.96. The Labute approximate surface area is 115 Å². The largest absolute Gasteiger partial charge is 0.346 e. The lowest BCUT2D eigenvalue weighted by Crippen LogP contribution is -2.47. The third kappa shape index (κ3) is 3.35. The van der Waals surface area contributed by atoms with Crippen molar-refractivity contribution in [1.29, 1.82) is 0 Å². The van der Waals surface area contributed by atoms with Crippen LogP contribution in [0.25, 0.3) is 0 Å². The van der Waals surface area contributed by atoms with Gasteiger partial charge in [-0.2, -0.15) is 0 Å². The van der Waals surface area contributed by atoms with Crippen LogP contribution < -0.4 is 5.32 Å². The normalized spacial score (nSPS) is 14.2. The van der Waals surface area contributed by atoms with Crippen LogP contribution in [0.2, 0.25) is 0 Å². The van der Waals surface area contributed by atoms with Gasteiger partial charge < -0.3 is 5.32 Å². The average Bonchev–Trinajstić information content (AvgIpc) is 2.29. The molecule has 0 aliphatic heterocycles. The van der Waals surface area contributed by atoms with Crippen LogP contribution in [0.1, 0.15) is 30.6 Å². The van der Waals surface area contributed by atoms with Gasteiger partial charge in [0.15, 0.2) is 0 Å². The first-order valence-electron chi connectivity index (χ1n) is 5.15. The summed E-state index contributed by atoms with van der Waals surface area (Å²) in [5.41, 5.74) is 0.366. The monoisotopic (exact) mass is 351 g/mol. The quantitative estimate of drug-likeness (QED) is 0.653. The van der Waals surface area contributed by atoms with Crippen LogP contribution in [-0.2, 0) is 0 Å². The molecule has 0 aliphatic rings. The van der Waals surface area contributed by atoms with E-state index < -0.39 is 0 Å². The molecule has 0 aromatic heterocycles. The van der Waals surface area contributed by atoms with Crippen molar-refractivity contribution in [3.63, 3.8) is 0 Å². The molecule has 1 aromatic rings. The van der Waals surface area contributed by atoms with Gasteiger partial charge in [0.1, 0.15) is 0 Å². The smallest absolute Gasteiger partial charge is 0.252 e. The zero-order valence-corrected chi connectivity index (χ0v) is 12.3. The van der Waals surface area contributed by atoms with Gasteiger partial charge in [-0.05, 0) is 48.1 Å². The lowest BCUT2D eigenvalue weighted by atomic mass is 10.0. The van der Waals surface area contributed by atoms with Crippen LogP contribution in [0.3, 0.4) is 0 Å². The molecular formula is C12H15ClINO. The summed E-state index contributed by atoms with van der Waals surface area (Å²) < 4.78 is 0.950. The highest BCUT2D eigenvalue weighted by molar-refractivity contribution is 14.1. The zero-order valence-electron chi connectivity index (χ0n) is 9.39. The van der Waals surface area contributed by atoms with Crippen LogP contribution in [0.5, 0.6) is 0 Å². The van der Waals surface area contributed by atoms with Crippen LogP contribution >= 0.6 is 34.2 Å². The molecule has 0 aliphatic carbocycles. The van der Waals surface area contributed by atoms with E-state index in [0.29, 0.717) is 11.4 Å². The maximum atomic E-state index is 12.0. The maximum absolute atomic E-state index is 12.0. The number of hydrogen-bond acceptors (Lipinski definition) is 1. The second-order valence-electron chi connectivity index (χ2n) is 3.98. The number of halogens is 2. The van der Waals surface area contributed by atoms with Gasteiger partial charge in [0.2, 0.25) is 0 Å². The Kier molecular flexibility index (Phi) is 5.05. The Morgan fingerprint density at radius 2 is 2.12 bits per heavy atom. The predicted molar refractivity (Wildman–Crippen MR) is 76.0 cm³/mol. The average molecular weight is 352 g/mol. The van der Waals surface area contributed by atoms with Crippen molar-refractivity contribution in [3.05, 3.63) is 33.4 Å². The fourth-order valence-corrected chi connectivity index (χ4v) is 2.09. The van der Waals surface area contributed by atoms with Gasteiger partial charge in [0.25, 0.3) is 5.91 Å². The number of nitrogens with one attached hydrogen (secondary N) is 1. The molecule has 0 bridgehead atoms. The maximum Gasteiger partial charge on any atom is 0.252 e. The Morgan fingerprint density at radius 1 is 1.50 bits per heavy atom. The van der Waals surface area contributed by atoms with Crippen molar-refractivity contribution in [2.75, 3.05) is 5.88 Å². The van der Waals surface area contributed by atoms with Gasteiger partial charge in [-0.25, -0.2) is 0 Å². The summed E-state index contributed by atoms with van der Waals surface area (Å²) in [4.78, 5) is 12.0. The van der Waals surface area contributed by atoms with E-state index in [1.54, 1.807) is 0 Å². The molecule has 0 radical (unpaired) electrons. The van der Waals surface area contributed by atoms with E-state index in [9.17, 15) is 4.79 Å². The highest BCUT2D eigenvalue weighted by Crippen LogP contribution is 2.15. The van der Waals surface area contributed by atoms with Crippen LogP contribution in [0.15, 0.2) is 24.3 Å². The fourth-order valence-electron chi connectivity index (χ4n) is 1.20. The summed E-state index contributed by atoms with van der Waals surface area (Å²) in [7, 11) is 0. The SMILES string of the molecule is CCC(C)(CCl)NC(=O)c1ccccc1I. The van der Waals surface area contributed by atoms with Crippen molar-refractivity contribution in [3.8, 4) is 0 Å². The van der Waals surface area contributed by atoms with Gasteiger partial charge in [-0.1, -0.05) is 19.1 Å². The molecule has 1 unspecified atom stereocenters. The van der Waals surface area contributed by atoms with Crippen LogP contribution in [0, 0.1) is 3.57 Å². The lowest BCUT2D eigenvalue weighted by molar-refractivity contribution is 0.0911. The lowest BCUT2D eigenvalue weighted by Gasteiger charge is -2.27. The topological polar surface area (TPSA) is 29.1 Å². The summed E-state index contributed by atoms with van der Waals surface area (Å²) in [5.74, 6) is 0.355. The fraction of sp³-hybridized carbons (Fsp3) is 0.417. The van der Waals surface area contributed by atoms with E-state index >= 15 is 0 Å². The Hall–Kier alpha value is -0.290. The highest BCUT2D eigenvalue weighted by atomic mass is 127. The molecule has 0 fully saturated rings. The molecule has 2 nitrogen and oxygen atoms in total. The van der Waals surface area contributed by atoms with Crippen molar-refractivity contribution < 1.29 is 4.79 Å². The minimum atomic E-state index is -0.336. The Bertz CT molecular complexity index is 377. The number of hydrogen-bond donors (Lipinski definition) is 1. The standard InChI is InChI=1S/C12H15ClINO/c1-3-12(2,8-13)15-11(16)9-6-4-5-7-10(9)14/h4-7H,3,8H2,1-2H3,(H,15,16). The van der Waals surface area contributed by atoms with E-state index in [4.69, 9.17) is 11.6 Å². The highest BCUT2D eigenvalue weighted by Gasteiger charge is 2.24. The Morgan fingerprint density at radius 3 is 2.62 bits per heavy atom. The summed E-state index contributed by atoms with van der Waals surface area (Å²) in [5, 5.41) is 2.97. The summed E-state index contributed by atoms with van der Waals surface area (Å²) >= 11 is 8.02. The van der Waals surface area contributed by atoms with Crippen molar-refractivity contribution in [1.82, 2.24) is 5.32 Å². The number of alkyl halides is 1. The molecule has 88 valence electrons. The van der Waals surface area contributed by atoms with E-state index in [1.807, 2.05) is 38.1 Å². The van der Waals surface area contributed by atoms with Crippen LogP contribution in [0.4, 0.5) is 0 Å². The zero-order chi connectivity index (χ0) is 12.2. The molecule has 0 saturated carbocycles. The number of carbonyl (C=O) groups is 1. The van der Waals surface area contributed by atoms with E-state index in [0.717, 1.165) is 9.99 Å². The van der Waals surface area contributed by atoms with Gasteiger partial charge in [-0.15, -0.1) is 11.6 Å². The van der Waals surface area contributed by atoms with Crippen molar-refractivity contribution >= 4 is 40.1 Å². The molecule has 1 N–H and O–H groups in total. The molecule has 0 spiro atoms. The second-order valence-corrected chi connectivity index (χ2v) is 5.41. The van der Waals surface area contributed by atoms with E-state index in [2.05, 4.69) is 27.9 Å². The second kappa shape index (κ2) is 5.87. The van der Waals surface area contributed by atoms with Gasteiger partial charge in [0.05, 0.1) is 11.1 Å². The number of benzene rings is 1. The molecular weight excluding hydrogens is 336 g/mol.